The third kappa shape index (κ3) is 4.71. The molecule has 3 rings (SSSR count). The van der Waals surface area contributed by atoms with Gasteiger partial charge in [-0.2, -0.15) is 13.2 Å². The number of nitrogens with two attached hydrogens (primary N) is 1. The minimum absolute atomic E-state index is 0.150. The van der Waals surface area contributed by atoms with Crippen LogP contribution in [0.4, 0.5) is 26.7 Å². The highest BCUT2D eigenvalue weighted by molar-refractivity contribution is 5.70. The fraction of sp³-hybridized carbons (Fsp3) is 0.350. The van der Waals surface area contributed by atoms with Crippen LogP contribution in [-0.4, -0.2) is 47.2 Å². The minimum atomic E-state index is -5.04. The molecule has 2 aromatic carbocycles. The summed E-state index contributed by atoms with van der Waals surface area (Å²) in [5, 5.41) is 10.6. The average Bonchev–Trinajstić information content (AvgIpc) is 3.00. The van der Waals surface area contributed by atoms with Gasteiger partial charge < -0.3 is 15.6 Å². The maximum absolute atomic E-state index is 13.7. The summed E-state index contributed by atoms with van der Waals surface area (Å²) in [6, 6.07) is 7.31. The van der Waals surface area contributed by atoms with Gasteiger partial charge in [0, 0.05) is 6.07 Å². The molecule has 5 nitrogen and oxygen atoms in total. The first-order chi connectivity index (χ1) is 14.1. The summed E-state index contributed by atoms with van der Waals surface area (Å²) in [5.41, 5.74) is 5.69. The number of benzene rings is 2. The lowest BCUT2D eigenvalue weighted by Crippen LogP contribution is -2.56. The van der Waals surface area contributed by atoms with Crippen molar-refractivity contribution in [1.82, 2.24) is 4.90 Å². The van der Waals surface area contributed by atoms with E-state index in [1.54, 1.807) is 30.3 Å². The number of aliphatic hydroxyl groups excluding tert-OH is 1. The highest BCUT2D eigenvalue weighted by Gasteiger charge is 2.50. The molecule has 0 saturated carbocycles. The second kappa shape index (κ2) is 8.57. The van der Waals surface area contributed by atoms with E-state index >= 15 is 0 Å². The summed E-state index contributed by atoms with van der Waals surface area (Å²) in [5.74, 6) is -5.06. The molecule has 162 valence electrons. The molecule has 2 aromatic rings. The number of hydrogen-bond donors (Lipinski definition) is 2. The van der Waals surface area contributed by atoms with Crippen LogP contribution in [0.3, 0.4) is 0 Å². The van der Waals surface area contributed by atoms with Crippen LogP contribution in [-0.2, 0) is 11.2 Å². The van der Waals surface area contributed by atoms with Crippen LogP contribution in [0.1, 0.15) is 17.0 Å². The number of halogens is 5. The Hall–Kier alpha value is -2.72. The molecule has 10 heteroatoms. The smallest absolute Gasteiger partial charge is 0.412 e. The van der Waals surface area contributed by atoms with Crippen molar-refractivity contribution in [2.75, 3.05) is 6.61 Å². The number of rotatable bonds is 6. The fourth-order valence-corrected chi connectivity index (χ4v) is 3.58. The second-order valence-electron chi connectivity index (χ2n) is 7.04. The summed E-state index contributed by atoms with van der Waals surface area (Å²) < 4.78 is 73.1. The van der Waals surface area contributed by atoms with Crippen LogP contribution in [0.15, 0.2) is 48.5 Å². The van der Waals surface area contributed by atoms with Crippen molar-refractivity contribution in [3.8, 4) is 0 Å². The molecule has 1 saturated heterocycles. The van der Waals surface area contributed by atoms with Crippen LogP contribution in [0, 0.1) is 11.6 Å². The number of carbonyl (C=O) groups is 1. The molecule has 3 N–H and O–H groups in total. The monoisotopic (exact) mass is 430 g/mol. The maximum atomic E-state index is 13.7. The van der Waals surface area contributed by atoms with E-state index in [2.05, 4.69) is 0 Å². The Balaban J connectivity index is 1.89. The largest absolute Gasteiger partial charge is 0.447 e. The van der Waals surface area contributed by atoms with Gasteiger partial charge >= 0.3 is 12.3 Å². The minimum Gasteiger partial charge on any atom is -0.447 e. The van der Waals surface area contributed by atoms with Gasteiger partial charge in [0.1, 0.15) is 24.5 Å². The second-order valence-corrected chi connectivity index (χ2v) is 7.04. The summed E-state index contributed by atoms with van der Waals surface area (Å²) in [4.78, 5) is 12.9. The molecule has 1 aliphatic heterocycles. The number of nitrogens with zero attached hydrogens (tertiary/aromatic N) is 1. The molecule has 1 aliphatic rings. The Morgan fingerprint density at radius 1 is 1.13 bits per heavy atom. The van der Waals surface area contributed by atoms with E-state index < -0.39 is 53.7 Å². The zero-order valence-corrected chi connectivity index (χ0v) is 15.5. The number of amides is 1. The van der Waals surface area contributed by atoms with Crippen LogP contribution in [0.5, 0.6) is 0 Å². The molecular formula is C20H19F5N2O3. The fourth-order valence-electron chi connectivity index (χ4n) is 3.58. The van der Waals surface area contributed by atoms with Crippen molar-refractivity contribution in [3.63, 3.8) is 0 Å². The topological polar surface area (TPSA) is 75.8 Å². The number of alkyl halides is 3. The van der Waals surface area contributed by atoms with E-state index in [1.807, 2.05) is 0 Å². The Kier molecular flexibility index (Phi) is 6.27. The van der Waals surface area contributed by atoms with E-state index in [0.717, 1.165) is 10.5 Å². The van der Waals surface area contributed by atoms with E-state index in [-0.39, 0.29) is 13.0 Å². The summed E-state index contributed by atoms with van der Waals surface area (Å²) in [7, 11) is 0. The first-order valence-electron chi connectivity index (χ1n) is 9.03. The molecule has 0 radical (unpaired) electrons. The molecular weight excluding hydrogens is 411 g/mol. The Morgan fingerprint density at radius 3 is 2.30 bits per heavy atom. The molecule has 0 bridgehead atoms. The van der Waals surface area contributed by atoms with E-state index in [4.69, 9.17) is 10.5 Å². The molecule has 0 aliphatic carbocycles. The Labute approximate surface area is 168 Å². The summed E-state index contributed by atoms with van der Waals surface area (Å²) in [6.07, 6.45) is -7.96. The van der Waals surface area contributed by atoms with E-state index in [0.29, 0.717) is 18.2 Å². The summed E-state index contributed by atoms with van der Waals surface area (Å²) >= 11 is 0. The van der Waals surface area contributed by atoms with Gasteiger partial charge in [0.25, 0.3) is 0 Å². The highest BCUT2D eigenvalue weighted by Crippen LogP contribution is 2.39. The van der Waals surface area contributed by atoms with Crippen LogP contribution in [0.2, 0.25) is 0 Å². The number of cyclic esters (lactones) is 1. The van der Waals surface area contributed by atoms with Gasteiger partial charge in [0.2, 0.25) is 0 Å². The van der Waals surface area contributed by atoms with Crippen LogP contribution < -0.4 is 5.73 Å². The average molecular weight is 430 g/mol. The molecule has 1 fully saturated rings. The van der Waals surface area contributed by atoms with Crippen molar-refractivity contribution < 1.29 is 36.6 Å². The maximum Gasteiger partial charge on any atom is 0.412 e. The number of aliphatic hydroxyl groups is 1. The van der Waals surface area contributed by atoms with Crippen LogP contribution >= 0.6 is 0 Å². The standard InChI is InChI=1S/C20H19F5N2O3/c21-13-7-12(8-14(22)9-13)16(20(23,24)25)17(26)18(28)27-15(10-30-19(27)29)6-11-4-2-1-3-5-11/h1-5,7-9,15-18,28H,6,10,26H2/t15-,16+,17-,18?/m0/s1. The zero-order valence-electron chi connectivity index (χ0n) is 15.5. The van der Waals surface area contributed by atoms with Crippen molar-refractivity contribution in [1.29, 1.82) is 0 Å². The van der Waals surface area contributed by atoms with Gasteiger partial charge in [-0.1, -0.05) is 30.3 Å². The van der Waals surface area contributed by atoms with Gasteiger partial charge in [-0.05, 0) is 29.7 Å². The molecule has 1 amide bonds. The SMILES string of the molecule is N[C@H](C(O)N1C(=O)OC[C@@H]1Cc1ccccc1)[C@@H](c1cc(F)cc(F)c1)C(F)(F)F. The quantitative estimate of drug-likeness (QED) is 0.690. The first-order valence-corrected chi connectivity index (χ1v) is 9.03. The number of hydrogen-bond acceptors (Lipinski definition) is 4. The third-order valence-electron chi connectivity index (χ3n) is 4.93. The van der Waals surface area contributed by atoms with Gasteiger partial charge in [0.05, 0.1) is 18.0 Å². The summed E-state index contributed by atoms with van der Waals surface area (Å²) in [6.45, 7) is -0.150. The van der Waals surface area contributed by atoms with Crippen LogP contribution in [0.25, 0.3) is 0 Å². The van der Waals surface area contributed by atoms with Crippen molar-refractivity contribution >= 4 is 6.09 Å². The molecule has 1 unspecified atom stereocenters. The Morgan fingerprint density at radius 2 is 1.73 bits per heavy atom. The van der Waals surface area contributed by atoms with E-state index in [1.165, 1.54) is 0 Å². The normalized spacial score (nSPS) is 20.0. The van der Waals surface area contributed by atoms with Gasteiger partial charge in [-0.25, -0.2) is 13.6 Å². The van der Waals surface area contributed by atoms with Gasteiger partial charge in [-0.15, -0.1) is 0 Å². The molecule has 4 atom stereocenters. The number of ether oxygens (including phenoxy) is 1. The highest BCUT2D eigenvalue weighted by atomic mass is 19.4. The predicted octanol–water partition coefficient (Wildman–Crippen LogP) is 3.32. The van der Waals surface area contributed by atoms with Gasteiger partial charge in [0.15, 0.2) is 0 Å². The van der Waals surface area contributed by atoms with Gasteiger partial charge in [-0.3, -0.25) is 4.90 Å². The zero-order chi connectivity index (χ0) is 22.1. The lowest BCUT2D eigenvalue weighted by Gasteiger charge is -2.35. The Bertz CT molecular complexity index is 874. The van der Waals surface area contributed by atoms with Crippen molar-refractivity contribution in [2.45, 2.75) is 36.8 Å². The number of carbonyl (C=O) groups excluding carboxylic acids is 1. The predicted molar refractivity (Wildman–Crippen MR) is 96.3 cm³/mol. The third-order valence-corrected chi connectivity index (χ3v) is 4.93. The molecule has 0 aromatic heterocycles. The lowest BCUT2D eigenvalue weighted by atomic mass is 9.89. The van der Waals surface area contributed by atoms with E-state index in [9.17, 15) is 31.9 Å². The molecule has 30 heavy (non-hydrogen) atoms. The lowest BCUT2D eigenvalue weighted by molar-refractivity contribution is -0.167. The first kappa shape index (κ1) is 22.0. The molecule has 1 heterocycles. The van der Waals surface area contributed by atoms with Crippen molar-refractivity contribution in [2.24, 2.45) is 5.73 Å². The molecule has 0 spiro atoms. The van der Waals surface area contributed by atoms with Crippen molar-refractivity contribution in [3.05, 3.63) is 71.3 Å².